The zero-order valence-electron chi connectivity index (χ0n) is 15.2. The first-order valence-electron chi connectivity index (χ1n) is 9.00. The van der Waals surface area contributed by atoms with Crippen molar-refractivity contribution < 1.29 is 9.53 Å². The van der Waals surface area contributed by atoms with Gasteiger partial charge in [0.2, 0.25) is 0 Å². The quantitative estimate of drug-likeness (QED) is 0.482. The topological polar surface area (TPSA) is 32.8 Å². The van der Waals surface area contributed by atoms with Gasteiger partial charge < -0.3 is 4.74 Å². The number of piperazine rings is 1. The maximum absolute atomic E-state index is 11.7. The largest absolute Gasteiger partial charge is 0.465 e. The fraction of sp³-hybridized carbons (Fsp3) is 0.381. The second kappa shape index (κ2) is 10.6. The van der Waals surface area contributed by atoms with E-state index in [0.717, 1.165) is 26.2 Å². The average molecular weight is 466 g/mol. The van der Waals surface area contributed by atoms with Crippen LogP contribution in [-0.4, -0.2) is 55.1 Å². The van der Waals surface area contributed by atoms with Crippen molar-refractivity contribution in [2.24, 2.45) is 0 Å². The molecule has 3 rings (SSSR count). The van der Waals surface area contributed by atoms with Gasteiger partial charge in [-0.1, -0.05) is 60.7 Å². The van der Waals surface area contributed by atoms with Gasteiger partial charge in [-0.2, -0.15) is 0 Å². The molecule has 0 aliphatic carbocycles. The van der Waals surface area contributed by atoms with Crippen LogP contribution in [0, 0.1) is 0 Å². The predicted molar refractivity (Wildman–Crippen MR) is 115 cm³/mol. The minimum atomic E-state index is -0.126. The van der Waals surface area contributed by atoms with Crippen LogP contribution in [0.15, 0.2) is 60.7 Å². The van der Waals surface area contributed by atoms with Crippen LogP contribution >= 0.6 is 24.0 Å². The summed E-state index contributed by atoms with van der Waals surface area (Å²) in [6.07, 6.45) is 0. The second-order valence-electron chi connectivity index (χ2n) is 6.34. The number of halogens is 1. The minimum Gasteiger partial charge on any atom is -0.465 e. The Hall–Kier alpha value is -1.44. The molecule has 1 aliphatic heterocycles. The fourth-order valence-electron chi connectivity index (χ4n) is 3.45. The summed E-state index contributed by atoms with van der Waals surface area (Å²) in [5, 5.41) is 0. The van der Waals surface area contributed by atoms with Crippen molar-refractivity contribution in [2.45, 2.75) is 13.0 Å². The van der Waals surface area contributed by atoms with Crippen LogP contribution in [0.1, 0.15) is 24.1 Å². The van der Waals surface area contributed by atoms with Gasteiger partial charge in [-0.25, -0.2) is 0 Å². The highest BCUT2D eigenvalue weighted by Crippen LogP contribution is 2.29. The Morgan fingerprint density at radius 3 is 1.88 bits per heavy atom. The molecule has 2 aromatic carbocycles. The third kappa shape index (κ3) is 5.53. The Kier molecular flexibility index (Phi) is 8.54. The zero-order valence-corrected chi connectivity index (χ0v) is 17.5. The van der Waals surface area contributed by atoms with Crippen LogP contribution < -0.4 is 0 Å². The first kappa shape index (κ1) is 20.9. The summed E-state index contributed by atoms with van der Waals surface area (Å²) in [7, 11) is 0. The summed E-state index contributed by atoms with van der Waals surface area (Å²) in [4.78, 5) is 16.4. The van der Waals surface area contributed by atoms with E-state index in [0.29, 0.717) is 13.2 Å². The summed E-state index contributed by atoms with van der Waals surface area (Å²) in [5.41, 5.74) is 2.63. The van der Waals surface area contributed by atoms with Gasteiger partial charge in [-0.05, 0) is 18.1 Å². The van der Waals surface area contributed by atoms with Crippen molar-refractivity contribution >= 4 is 29.9 Å². The van der Waals surface area contributed by atoms with Crippen LogP contribution in [0.25, 0.3) is 0 Å². The molecule has 0 bridgehead atoms. The molecule has 140 valence electrons. The van der Waals surface area contributed by atoms with Gasteiger partial charge in [0.1, 0.15) is 0 Å². The first-order chi connectivity index (χ1) is 12.3. The lowest BCUT2D eigenvalue weighted by Crippen LogP contribution is -2.49. The van der Waals surface area contributed by atoms with Crippen LogP contribution in [0.5, 0.6) is 0 Å². The van der Waals surface area contributed by atoms with E-state index in [1.807, 2.05) is 6.92 Å². The lowest BCUT2D eigenvalue weighted by Gasteiger charge is -2.39. The molecule has 1 saturated heterocycles. The third-order valence-corrected chi connectivity index (χ3v) is 4.66. The van der Waals surface area contributed by atoms with Gasteiger partial charge in [0.25, 0.3) is 0 Å². The highest BCUT2D eigenvalue weighted by Gasteiger charge is 2.27. The smallest absolute Gasteiger partial charge is 0.320 e. The van der Waals surface area contributed by atoms with Crippen LogP contribution in [-0.2, 0) is 9.53 Å². The Morgan fingerprint density at radius 2 is 1.42 bits per heavy atom. The molecule has 0 aromatic heterocycles. The van der Waals surface area contributed by atoms with Crippen molar-refractivity contribution in [1.82, 2.24) is 9.80 Å². The maximum atomic E-state index is 11.7. The van der Waals surface area contributed by atoms with Gasteiger partial charge in [0.15, 0.2) is 0 Å². The summed E-state index contributed by atoms with van der Waals surface area (Å²) < 4.78 is 5.06. The van der Waals surface area contributed by atoms with Crippen molar-refractivity contribution in [2.75, 3.05) is 39.3 Å². The van der Waals surface area contributed by atoms with Crippen LogP contribution in [0.4, 0.5) is 0 Å². The highest BCUT2D eigenvalue weighted by atomic mass is 127. The number of hydrogen-bond acceptors (Lipinski definition) is 4. The van der Waals surface area contributed by atoms with E-state index in [1.54, 1.807) is 0 Å². The molecule has 26 heavy (non-hydrogen) atoms. The highest BCUT2D eigenvalue weighted by molar-refractivity contribution is 14.0. The van der Waals surface area contributed by atoms with E-state index in [4.69, 9.17) is 4.74 Å². The molecule has 2 aromatic rings. The second-order valence-corrected chi connectivity index (χ2v) is 6.34. The molecule has 1 heterocycles. The predicted octanol–water partition coefficient (Wildman–Crippen LogP) is 3.57. The van der Waals surface area contributed by atoms with E-state index < -0.39 is 0 Å². The number of esters is 1. The van der Waals surface area contributed by atoms with Gasteiger partial charge in [0.05, 0.1) is 19.2 Å². The molecule has 0 atom stereocenters. The van der Waals surface area contributed by atoms with E-state index in [9.17, 15) is 4.79 Å². The SMILES string of the molecule is CCOC(=O)CN1CCN(C(c2ccccc2)c2ccccc2)CC1.I. The van der Waals surface area contributed by atoms with Crippen molar-refractivity contribution in [3.63, 3.8) is 0 Å². The molecule has 1 aliphatic rings. The number of nitrogens with zero attached hydrogens (tertiary/aromatic N) is 2. The molecule has 4 nitrogen and oxygen atoms in total. The van der Waals surface area contributed by atoms with Crippen molar-refractivity contribution in [3.05, 3.63) is 71.8 Å². The molecule has 5 heteroatoms. The summed E-state index contributed by atoms with van der Waals surface area (Å²) in [6, 6.07) is 21.6. The monoisotopic (exact) mass is 466 g/mol. The molecule has 0 N–H and O–H groups in total. The molecular weight excluding hydrogens is 439 g/mol. The number of ether oxygens (including phenoxy) is 1. The molecule has 0 saturated carbocycles. The lowest BCUT2D eigenvalue weighted by atomic mass is 9.96. The van der Waals surface area contributed by atoms with E-state index in [-0.39, 0.29) is 36.0 Å². The average Bonchev–Trinajstić information content (AvgIpc) is 2.65. The van der Waals surface area contributed by atoms with E-state index in [1.165, 1.54) is 11.1 Å². The number of hydrogen-bond donors (Lipinski definition) is 0. The Bertz CT molecular complexity index is 619. The Labute approximate surface area is 173 Å². The van der Waals surface area contributed by atoms with E-state index in [2.05, 4.69) is 70.5 Å². The van der Waals surface area contributed by atoms with E-state index >= 15 is 0 Å². The summed E-state index contributed by atoms with van der Waals surface area (Å²) in [5.74, 6) is -0.126. The van der Waals surface area contributed by atoms with Crippen LogP contribution in [0.3, 0.4) is 0 Å². The Balaban J connectivity index is 0.00000243. The number of carbonyl (C=O) groups is 1. The maximum Gasteiger partial charge on any atom is 0.320 e. The first-order valence-corrected chi connectivity index (χ1v) is 9.00. The van der Waals surface area contributed by atoms with Gasteiger partial charge >= 0.3 is 5.97 Å². The number of carbonyl (C=O) groups excluding carboxylic acids is 1. The molecular formula is C21H27IN2O2. The van der Waals surface area contributed by atoms with Gasteiger partial charge in [0, 0.05) is 26.2 Å². The summed E-state index contributed by atoms with van der Waals surface area (Å²) in [6.45, 7) is 6.33. The summed E-state index contributed by atoms with van der Waals surface area (Å²) >= 11 is 0. The van der Waals surface area contributed by atoms with Crippen molar-refractivity contribution in [3.8, 4) is 0 Å². The van der Waals surface area contributed by atoms with Gasteiger partial charge in [-0.3, -0.25) is 14.6 Å². The Morgan fingerprint density at radius 1 is 0.923 bits per heavy atom. The zero-order chi connectivity index (χ0) is 17.5. The fourth-order valence-corrected chi connectivity index (χ4v) is 3.45. The lowest BCUT2D eigenvalue weighted by molar-refractivity contribution is -0.144. The molecule has 1 fully saturated rings. The number of benzene rings is 2. The third-order valence-electron chi connectivity index (χ3n) is 4.66. The number of rotatable bonds is 6. The van der Waals surface area contributed by atoms with Gasteiger partial charge in [-0.15, -0.1) is 24.0 Å². The molecule has 0 spiro atoms. The minimum absolute atomic E-state index is 0. The molecule has 0 unspecified atom stereocenters. The van der Waals surface area contributed by atoms with Crippen LogP contribution in [0.2, 0.25) is 0 Å². The normalized spacial score (nSPS) is 15.5. The molecule has 0 radical (unpaired) electrons. The standard InChI is InChI=1S/C21H26N2O2.HI/c1-2-25-20(24)17-22-13-15-23(16-14-22)21(18-9-5-3-6-10-18)19-11-7-4-8-12-19;/h3-12,21H,2,13-17H2,1H3;1H. The van der Waals surface area contributed by atoms with Crippen molar-refractivity contribution in [1.29, 1.82) is 0 Å². The molecule has 0 amide bonds.